The zero-order valence-electron chi connectivity index (χ0n) is 17.6. The van der Waals surface area contributed by atoms with Crippen LogP contribution < -0.4 is 9.62 Å². The van der Waals surface area contributed by atoms with E-state index in [1.165, 1.54) is 16.9 Å². The molecular weight excluding hydrogens is 396 g/mol. The molecule has 30 heavy (non-hydrogen) atoms. The Morgan fingerprint density at radius 2 is 1.43 bits per heavy atom. The van der Waals surface area contributed by atoms with Gasteiger partial charge in [0, 0.05) is 18.3 Å². The van der Waals surface area contributed by atoms with Gasteiger partial charge in [0.15, 0.2) is 0 Å². The Bertz CT molecular complexity index is 1120. The van der Waals surface area contributed by atoms with Crippen molar-refractivity contribution in [2.45, 2.75) is 31.6 Å². The summed E-state index contributed by atoms with van der Waals surface area (Å²) in [5.41, 5.74) is 3.84. The number of nitrogens with zero attached hydrogens (tertiary/aromatic N) is 1. The first-order valence-corrected chi connectivity index (χ1v) is 11.2. The summed E-state index contributed by atoms with van der Waals surface area (Å²) in [6, 6.07) is 21.0. The predicted octanol–water partition coefficient (Wildman–Crippen LogP) is 5.20. The van der Waals surface area contributed by atoms with Crippen molar-refractivity contribution in [1.82, 2.24) is 0 Å². The normalized spacial score (nSPS) is 11.4. The second kappa shape index (κ2) is 8.71. The minimum absolute atomic E-state index is 0.224. The summed E-state index contributed by atoms with van der Waals surface area (Å²) in [6.45, 7) is 6.14. The van der Waals surface area contributed by atoms with Crippen LogP contribution in [0, 0.1) is 6.92 Å². The van der Waals surface area contributed by atoms with Crippen LogP contribution in [0.2, 0.25) is 0 Å². The molecule has 0 bridgehead atoms. The molecule has 0 aliphatic heterocycles. The number of carbonyl (C=O) groups is 1. The summed E-state index contributed by atoms with van der Waals surface area (Å²) in [4.78, 5) is 12.7. The highest BCUT2D eigenvalue weighted by Gasteiger charge is 2.21. The van der Waals surface area contributed by atoms with Gasteiger partial charge in [-0.25, -0.2) is 8.42 Å². The maximum atomic E-state index is 12.8. The van der Waals surface area contributed by atoms with E-state index in [1.807, 2.05) is 31.2 Å². The van der Waals surface area contributed by atoms with E-state index in [0.717, 1.165) is 5.56 Å². The fourth-order valence-electron chi connectivity index (χ4n) is 2.98. The molecule has 0 aromatic heterocycles. The van der Waals surface area contributed by atoms with Crippen molar-refractivity contribution in [3.63, 3.8) is 0 Å². The fraction of sp³-hybridized carbons (Fsp3) is 0.208. The number of hydrogen-bond donors (Lipinski definition) is 1. The molecule has 0 unspecified atom stereocenters. The number of hydrogen-bond acceptors (Lipinski definition) is 3. The Kier molecular flexibility index (Phi) is 6.27. The summed E-state index contributed by atoms with van der Waals surface area (Å²) in [5.74, 6) is 0.179. The molecule has 0 saturated heterocycles. The summed E-state index contributed by atoms with van der Waals surface area (Å²) in [5, 5.41) is 2.86. The van der Waals surface area contributed by atoms with Gasteiger partial charge in [0.05, 0.1) is 10.6 Å². The number of nitrogens with one attached hydrogen (secondary N) is 1. The maximum Gasteiger partial charge on any atom is 0.264 e. The maximum absolute atomic E-state index is 12.8. The molecule has 0 aliphatic rings. The number of amides is 1. The van der Waals surface area contributed by atoms with Crippen LogP contribution in [-0.2, 0) is 10.0 Å². The lowest BCUT2D eigenvalue weighted by Crippen LogP contribution is -2.26. The summed E-state index contributed by atoms with van der Waals surface area (Å²) >= 11 is 0. The van der Waals surface area contributed by atoms with Crippen molar-refractivity contribution < 1.29 is 13.2 Å². The van der Waals surface area contributed by atoms with Crippen molar-refractivity contribution in [3.8, 4) is 0 Å². The van der Waals surface area contributed by atoms with Gasteiger partial charge >= 0.3 is 0 Å². The van der Waals surface area contributed by atoms with Gasteiger partial charge in [-0.1, -0.05) is 43.7 Å². The molecular formula is C24H26N2O3S. The lowest BCUT2D eigenvalue weighted by atomic mass is 10.0. The molecule has 0 fully saturated rings. The van der Waals surface area contributed by atoms with Crippen LogP contribution in [0.3, 0.4) is 0 Å². The summed E-state index contributed by atoms with van der Waals surface area (Å²) < 4.78 is 26.9. The zero-order chi connectivity index (χ0) is 21.9. The quantitative estimate of drug-likeness (QED) is 0.594. The van der Waals surface area contributed by atoms with Gasteiger partial charge in [0.25, 0.3) is 15.9 Å². The van der Waals surface area contributed by atoms with E-state index in [4.69, 9.17) is 0 Å². The van der Waals surface area contributed by atoms with E-state index in [-0.39, 0.29) is 10.8 Å². The minimum atomic E-state index is -3.67. The summed E-state index contributed by atoms with van der Waals surface area (Å²) in [6.07, 6.45) is 0. The van der Waals surface area contributed by atoms with E-state index < -0.39 is 10.0 Å². The van der Waals surface area contributed by atoms with E-state index >= 15 is 0 Å². The molecule has 5 nitrogen and oxygen atoms in total. The Balaban J connectivity index is 1.73. The molecule has 0 saturated carbocycles. The van der Waals surface area contributed by atoms with E-state index in [2.05, 4.69) is 19.2 Å². The van der Waals surface area contributed by atoms with Crippen molar-refractivity contribution in [1.29, 1.82) is 0 Å². The Morgan fingerprint density at radius 3 is 1.97 bits per heavy atom. The highest BCUT2D eigenvalue weighted by Crippen LogP contribution is 2.23. The smallest absolute Gasteiger partial charge is 0.264 e. The fourth-order valence-corrected chi connectivity index (χ4v) is 4.18. The molecule has 0 spiro atoms. The Hall–Kier alpha value is -3.12. The third-order valence-corrected chi connectivity index (χ3v) is 6.81. The minimum Gasteiger partial charge on any atom is -0.322 e. The monoisotopic (exact) mass is 422 g/mol. The highest BCUT2D eigenvalue weighted by molar-refractivity contribution is 7.92. The SMILES string of the molecule is Cc1ccc(S(=O)(=O)N(C)c2ccc(C(=O)Nc3ccc(C(C)C)cc3)cc2)cc1. The molecule has 0 atom stereocenters. The topological polar surface area (TPSA) is 66.5 Å². The third kappa shape index (κ3) is 4.71. The number of aryl methyl sites for hydroxylation is 1. The third-order valence-electron chi connectivity index (χ3n) is 5.01. The molecule has 6 heteroatoms. The first-order valence-electron chi connectivity index (χ1n) is 9.75. The number of anilines is 2. The average molecular weight is 423 g/mol. The van der Waals surface area contributed by atoms with E-state index in [9.17, 15) is 13.2 Å². The van der Waals surface area contributed by atoms with Gasteiger partial charge in [0.2, 0.25) is 0 Å². The largest absolute Gasteiger partial charge is 0.322 e. The molecule has 1 amide bonds. The Morgan fingerprint density at radius 1 is 0.867 bits per heavy atom. The molecule has 156 valence electrons. The van der Waals surface area contributed by atoms with Crippen LogP contribution in [0.25, 0.3) is 0 Å². The number of carbonyl (C=O) groups excluding carboxylic acids is 1. The van der Waals surface area contributed by atoms with Gasteiger partial charge in [0.1, 0.15) is 0 Å². The van der Waals surface area contributed by atoms with Gasteiger partial charge in [-0.3, -0.25) is 9.10 Å². The van der Waals surface area contributed by atoms with Crippen molar-refractivity contribution in [2.75, 3.05) is 16.7 Å². The molecule has 3 aromatic rings. The molecule has 1 N–H and O–H groups in total. The van der Waals surface area contributed by atoms with Crippen molar-refractivity contribution in [3.05, 3.63) is 89.5 Å². The van der Waals surface area contributed by atoms with Gasteiger partial charge in [-0.05, 0) is 66.9 Å². The molecule has 0 heterocycles. The number of benzene rings is 3. The van der Waals surface area contributed by atoms with Crippen molar-refractivity contribution in [2.24, 2.45) is 0 Å². The molecule has 0 aliphatic carbocycles. The average Bonchev–Trinajstić information content (AvgIpc) is 2.74. The lowest BCUT2D eigenvalue weighted by Gasteiger charge is -2.20. The second-order valence-electron chi connectivity index (χ2n) is 7.56. The van der Waals surface area contributed by atoms with Crippen LogP contribution in [0.4, 0.5) is 11.4 Å². The predicted molar refractivity (Wildman–Crippen MR) is 122 cm³/mol. The standard InChI is InChI=1S/C24H26N2O3S/c1-17(2)19-7-11-21(12-8-19)25-24(27)20-9-13-22(14-10-20)26(4)30(28,29)23-15-5-18(3)6-16-23/h5-17H,1-4H3,(H,25,27). The zero-order valence-corrected chi connectivity index (χ0v) is 18.4. The summed E-state index contributed by atoms with van der Waals surface area (Å²) in [7, 11) is -2.17. The lowest BCUT2D eigenvalue weighted by molar-refractivity contribution is 0.102. The molecule has 3 aromatic carbocycles. The highest BCUT2D eigenvalue weighted by atomic mass is 32.2. The van der Waals surface area contributed by atoms with Crippen LogP contribution in [0.1, 0.15) is 41.3 Å². The van der Waals surface area contributed by atoms with Crippen molar-refractivity contribution >= 4 is 27.3 Å². The van der Waals surface area contributed by atoms with Crippen LogP contribution >= 0.6 is 0 Å². The van der Waals surface area contributed by atoms with E-state index in [0.29, 0.717) is 22.9 Å². The van der Waals surface area contributed by atoms with Crippen LogP contribution in [-0.4, -0.2) is 21.4 Å². The first-order chi connectivity index (χ1) is 14.2. The molecule has 0 radical (unpaired) electrons. The van der Waals surface area contributed by atoms with E-state index in [1.54, 1.807) is 48.5 Å². The van der Waals surface area contributed by atoms with Gasteiger partial charge < -0.3 is 5.32 Å². The van der Waals surface area contributed by atoms with Gasteiger partial charge in [-0.15, -0.1) is 0 Å². The first kappa shape index (κ1) is 21.6. The second-order valence-corrected chi connectivity index (χ2v) is 9.53. The van der Waals surface area contributed by atoms with Crippen LogP contribution in [0.15, 0.2) is 77.7 Å². The van der Waals surface area contributed by atoms with Gasteiger partial charge in [-0.2, -0.15) is 0 Å². The molecule has 3 rings (SSSR count). The van der Waals surface area contributed by atoms with Crippen LogP contribution in [0.5, 0.6) is 0 Å². The number of rotatable bonds is 6. The number of sulfonamides is 1. The Labute approximate surface area is 178 Å².